The molecule has 0 saturated heterocycles. The monoisotopic (exact) mass is 349 g/mol. The molecular formula is C12H16BrNO4S. The van der Waals surface area contributed by atoms with Crippen LogP contribution in [0, 0.1) is 12.8 Å². The number of aryl methyl sites for hydroxylation is 1. The van der Waals surface area contributed by atoms with Crippen molar-refractivity contribution in [1.29, 1.82) is 0 Å². The molecule has 0 aliphatic rings. The molecule has 0 aliphatic carbocycles. The van der Waals surface area contributed by atoms with Crippen LogP contribution in [0.3, 0.4) is 0 Å². The summed E-state index contributed by atoms with van der Waals surface area (Å²) in [4.78, 5) is 11.0. The van der Waals surface area contributed by atoms with E-state index < -0.39 is 21.9 Å². The Kier molecular flexibility index (Phi) is 5.11. The van der Waals surface area contributed by atoms with Crippen molar-refractivity contribution in [3.63, 3.8) is 0 Å². The van der Waals surface area contributed by atoms with Crippen molar-refractivity contribution in [2.24, 2.45) is 5.92 Å². The van der Waals surface area contributed by atoms with E-state index in [-0.39, 0.29) is 11.4 Å². The Labute approximate surface area is 121 Å². The average Bonchev–Trinajstić information content (AvgIpc) is 2.31. The van der Waals surface area contributed by atoms with Crippen LogP contribution in [-0.2, 0) is 14.8 Å². The van der Waals surface area contributed by atoms with Crippen molar-refractivity contribution in [3.8, 4) is 0 Å². The van der Waals surface area contributed by atoms with Crippen molar-refractivity contribution in [2.45, 2.75) is 18.7 Å². The first-order valence-electron chi connectivity index (χ1n) is 5.61. The predicted molar refractivity (Wildman–Crippen MR) is 75.5 cm³/mol. The number of rotatable bonds is 5. The molecule has 1 N–H and O–H groups in total. The van der Waals surface area contributed by atoms with E-state index >= 15 is 0 Å². The summed E-state index contributed by atoms with van der Waals surface area (Å²) >= 11 is 3.23. The van der Waals surface area contributed by atoms with Gasteiger partial charge in [-0.1, -0.05) is 28.9 Å². The first-order valence-corrected chi connectivity index (χ1v) is 7.85. The second kappa shape index (κ2) is 6.02. The average molecular weight is 350 g/mol. The normalized spacial score (nSPS) is 13.5. The molecule has 1 unspecified atom stereocenters. The number of aliphatic carboxylic acids is 1. The van der Waals surface area contributed by atoms with Gasteiger partial charge in [-0.25, -0.2) is 12.7 Å². The molecule has 0 bridgehead atoms. The zero-order valence-electron chi connectivity index (χ0n) is 10.9. The maximum Gasteiger partial charge on any atom is 0.307 e. The van der Waals surface area contributed by atoms with E-state index in [1.165, 1.54) is 20.0 Å². The molecule has 0 amide bonds. The summed E-state index contributed by atoms with van der Waals surface area (Å²) in [5.74, 6) is -1.78. The van der Waals surface area contributed by atoms with Gasteiger partial charge < -0.3 is 5.11 Å². The number of carboxylic acids is 1. The van der Waals surface area contributed by atoms with E-state index in [2.05, 4.69) is 15.9 Å². The van der Waals surface area contributed by atoms with Crippen molar-refractivity contribution in [1.82, 2.24) is 4.31 Å². The molecule has 7 heteroatoms. The summed E-state index contributed by atoms with van der Waals surface area (Å²) in [6.07, 6.45) is 0. The van der Waals surface area contributed by atoms with Crippen molar-refractivity contribution >= 4 is 31.9 Å². The molecule has 0 saturated carbocycles. The van der Waals surface area contributed by atoms with Gasteiger partial charge in [-0.3, -0.25) is 4.79 Å². The van der Waals surface area contributed by atoms with E-state index in [9.17, 15) is 13.2 Å². The Morgan fingerprint density at radius 1 is 1.47 bits per heavy atom. The molecule has 0 fully saturated rings. The SMILES string of the molecule is Cc1ccc(Br)cc1S(=O)(=O)N(C)CC(C)C(=O)O. The minimum Gasteiger partial charge on any atom is -0.481 e. The lowest BCUT2D eigenvalue weighted by Crippen LogP contribution is -2.34. The minimum atomic E-state index is -3.68. The van der Waals surface area contributed by atoms with Gasteiger partial charge in [0, 0.05) is 18.1 Å². The molecule has 0 spiro atoms. The molecule has 19 heavy (non-hydrogen) atoms. The fourth-order valence-electron chi connectivity index (χ4n) is 1.58. The molecule has 1 atom stereocenters. The number of hydrogen-bond acceptors (Lipinski definition) is 3. The molecule has 0 aromatic heterocycles. The summed E-state index contributed by atoms with van der Waals surface area (Å²) in [6, 6.07) is 4.98. The van der Waals surface area contributed by atoms with Gasteiger partial charge in [0.15, 0.2) is 0 Å². The summed E-state index contributed by atoms with van der Waals surface area (Å²) in [5.41, 5.74) is 0.623. The van der Waals surface area contributed by atoms with Gasteiger partial charge in [-0.2, -0.15) is 0 Å². The van der Waals surface area contributed by atoms with Crippen LogP contribution >= 0.6 is 15.9 Å². The van der Waals surface area contributed by atoms with E-state index in [1.807, 2.05) is 0 Å². The molecule has 0 radical (unpaired) electrons. The highest BCUT2D eigenvalue weighted by Crippen LogP contribution is 2.23. The van der Waals surface area contributed by atoms with Crippen LogP contribution in [0.15, 0.2) is 27.6 Å². The smallest absolute Gasteiger partial charge is 0.307 e. The van der Waals surface area contributed by atoms with Crippen LogP contribution in [-0.4, -0.2) is 37.4 Å². The second-order valence-corrected chi connectivity index (χ2v) is 7.36. The van der Waals surface area contributed by atoms with Gasteiger partial charge in [0.05, 0.1) is 10.8 Å². The molecule has 1 aromatic carbocycles. The lowest BCUT2D eigenvalue weighted by molar-refractivity contribution is -0.141. The van der Waals surface area contributed by atoms with E-state index in [4.69, 9.17) is 5.11 Å². The van der Waals surface area contributed by atoms with Crippen LogP contribution in [0.25, 0.3) is 0 Å². The molecule has 5 nitrogen and oxygen atoms in total. The van der Waals surface area contributed by atoms with Gasteiger partial charge >= 0.3 is 5.97 Å². The molecular weight excluding hydrogens is 334 g/mol. The third kappa shape index (κ3) is 3.77. The lowest BCUT2D eigenvalue weighted by Gasteiger charge is -2.20. The summed E-state index contributed by atoms with van der Waals surface area (Å²) < 4.78 is 26.5. The standard InChI is InChI=1S/C12H16BrNO4S/c1-8-4-5-10(13)6-11(8)19(17,18)14(3)7-9(2)12(15)16/h4-6,9H,7H2,1-3H3,(H,15,16). The summed E-state index contributed by atoms with van der Waals surface area (Å²) in [6.45, 7) is 3.11. The maximum atomic E-state index is 12.4. The molecule has 1 aromatic rings. The van der Waals surface area contributed by atoms with E-state index in [0.29, 0.717) is 10.0 Å². The predicted octanol–water partition coefficient (Wildman–Crippen LogP) is 2.10. The number of hydrogen-bond donors (Lipinski definition) is 1. The van der Waals surface area contributed by atoms with Crippen molar-refractivity contribution in [2.75, 3.05) is 13.6 Å². The Morgan fingerprint density at radius 3 is 2.58 bits per heavy atom. The molecule has 106 valence electrons. The number of nitrogens with zero attached hydrogens (tertiary/aromatic N) is 1. The Bertz CT molecular complexity index is 585. The fourth-order valence-corrected chi connectivity index (χ4v) is 3.60. The lowest BCUT2D eigenvalue weighted by atomic mass is 10.2. The third-order valence-electron chi connectivity index (χ3n) is 2.79. The van der Waals surface area contributed by atoms with Gasteiger partial charge in [0.2, 0.25) is 10.0 Å². The van der Waals surface area contributed by atoms with Crippen molar-refractivity contribution in [3.05, 3.63) is 28.2 Å². The van der Waals surface area contributed by atoms with E-state index in [0.717, 1.165) is 4.31 Å². The Hall–Kier alpha value is -0.920. The summed E-state index contributed by atoms with van der Waals surface area (Å²) in [7, 11) is -2.30. The van der Waals surface area contributed by atoms with Crippen LogP contribution in [0.1, 0.15) is 12.5 Å². The highest BCUT2D eigenvalue weighted by molar-refractivity contribution is 9.10. The fraction of sp³-hybridized carbons (Fsp3) is 0.417. The van der Waals surface area contributed by atoms with Gasteiger partial charge in [-0.05, 0) is 24.6 Å². The number of halogens is 1. The van der Waals surface area contributed by atoms with Crippen LogP contribution in [0.5, 0.6) is 0 Å². The minimum absolute atomic E-state index is 0.0659. The van der Waals surface area contributed by atoms with Crippen molar-refractivity contribution < 1.29 is 18.3 Å². The molecule has 1 rings (SSSR count). The number of sulfonamides is 1. The first kappa shape index (κ1) is 16.1. The topological polar surface area (TPSA) is 74.7 Å². The zero-order chi connectivity index (χ0) is 14.8. The number of carbonyl (C=O) groups is 1. The largest absolute Gasteiger partial charge is 0.481 e. The second-order valence-electron chi connectivity index (χ2n) is 4.43. The zero-order valence-corrected chi connectivity index (χ0v) is 13.3. The van der Waals surface area contributed by atoms with Gasteiger partial charge in [-0.15, -0.1) is 0 Å². The number of benzene rings is 1. The third-order valence-corrected chi connectivity index (χ3v) is 5.25. The van der Waals surface area contributed by atoms with Crippen LogP contribution < -0.4 is 0 Å². The maximum absolute atomic E-state index is 12.4. The van der Waals surface area contributed by atoms with Gasteiger partial charge in [0.1, 0.15) is 0 Å². The van der Waals surface area contributed by atoms with Gasteiger partial charge in [0.25, 0.3) is 0 Å². The van der Waals surface area contributed by atoms with Crippen LogP contribution in [0.2, 0.25) is 0 Å². The Morgan fingerprint density at radius 2 is 2.05 bits per heavy atom. The van der Waals surface area contributed by atoms with E-state index in [1.54, 1.807) is 19.1 Å². The number of carboxylic acid groups (broad SMARTS) is 1. The Balaban J connectivity index is 3.10. The highest BCUT2D eigenvalue weighted by atomic mass is 79.9. The quantitative estimate of drug-likeness (QED) is 0.883. The molecule has 0 heterocycles. The molecule has 0 aliphatic heterocycles. The first-order chi connectivity index (χ1) is 8.66. The highest BCUT2D eigenvalue weighted by Gasteiger charge is 2.26. The summed E-state index contributed by atoms with van der Waals surface area (Å²) in [5, 5.41) is 8.84. The van der Waals surface area contributed by atoms with Crippen LogP contribution in [0.4, 0.5) is 0 Å².